The minimum Gasteiger partial charge on any atom is -0.371 e. The largest absolute Gasteiger partial charge is 0.371 e. The zero-order valence-corrected chi connectivity index (χ0v) is 31.0. The fourth-order valence-corrected chi connectivity index (χ4v) is 7.13. The van der Waals surface area contributed by atoms with Gasteiger partial charge in [-0.1, -0.05) is 201 Å². The Morgan fingerprint density at radius 3 is 1.45 bits per heavy atom. The first-order valence-electron chi connectivity index (χ1n) is 19.8. The quantitative estimate of drug-likeness (QED) is 0.0487. The molecule has 0 aromatic heterocycles. The van der Waals surface area contributed by atoms with E-state index in [0.717, 1.165) is 36.0 Å². The van der Waals surface area contributed by atoms with Gasteiger partial charge in [-0.25, -0.2) is 4.39 Å². The third kappa shape index (κ3) is 13.7. The lowest BCUT2D eigenvalue weighted by molar-refractivity contribution is -0.0731. The number of nitrogens with zero attached hydrogens (tertiary/aromatic N) is 1. The number of unbranched alkanes of at least 4 members (excludes halogenated alkanes) is 15. The average molecular weight is 690 g/mol. The first-order chi connectivity index (χ1) is 25.2. The van der Waals surface area contributed by atoms with E-state index in [9.17, 15) is 9.65 Å². The van der Waals surface area contributed by atoms with E-state index >= 15 is 0 Å². The van der Waals surface area contributed by atoms with Crippen molar-refractivity contribution in [1.82, 2.24) is 0 Å². The summed E-state index contributed by atoms with van der Waals surface area (Å²) in [5.74, 6) is -0.422. The predicted octanol–water partition coefficient (Wildman–Crippen LogP) is 13.2. The Kier molecular flexibility index (Phi) is 18.5. The van der Waals surface area contributed by atoms with Crippen LogP contribution in [0.3, 0.4) is 0 Å². The van der Waals surface area contributed by atoms with E-state index in [2.05, 4.69) is 85.8 Å². The molecule has 1 atom stereocenters. The molecule has 4 heteroatoms. The SMILES string of the molecule is CCCCCCCCCCCCCCCCCC[C@H](COC(c1ccccc1)(c1ccccc1)c1ccccc1)OCc1cc(F)cc(C#N)c1. The number of nitriles is 1. The predicted molar refractivity (Wildman–Crippen MR) is 209 cm³/mol. The Bertz CT molecular complexity index is 1420. The summed E-state index contributed by atoms with van der Waals surface area (Å²) in [4.78, 5) is 0. The maximum atomic E-state index is 14.3. The summed E-state index contributed by atoms with van der Waals surface area (Å²) >= 11 is 0. The molecule has 0 saturated heterocycles. The van der Waals surface area contributed by atoms with E-state index in [0.29, 0.717) is 17.7 Å². The number of hydrogen-bond acceptors (Lipinski definition) is 3. The van der Waals surface area contributed by atoms with Crippen molar-refractivity contribution in [2.24, 2.45) is 0 Å². The smallest absolute Gasteiger partial charge is 0.143 e. The summed E-state index contributed by atoms with van der Waals surface area (Å²) in [6.07, 6.45) is 21.9. The van der Waals surface area contributed by atoms with Crippen LogP contribution in [0, 0.1) is 17.1 Å². The molecule has 0 spiro atoms. The first-order valence-corrected chi connectivity index (χ1v) is 19.8. The monoisotopic (exact) mass is 689 g/mol. The summed E-state index contributed by atoms with van der Waals surface area (Å²) in [6, 6.07) is 37.7. The molecule has 4 aromatic rings. The molecular formula is C47H60FNO2. The van der Waals surface area contributed by atoms with Crippen LogP contribution in [-0.2, 0) is 21.7 Å². The van der Waals surface area contributed by atoms with Gasteiger partial charge in [0.05, 0.1) is 31.0 Å². The van der Waals surface area contributed by atoms with Crippen molar-refractivity contribution >= 4 is 0 Å². The normalized spacial score (nSPS) is 12.1. The molecule has 0 N–H and O–H groups in total. The molecule has 0 heterocycles. The van der Waals surface area contributed by atoms with Gasteiger partial charge in [0.2, 0.25) is 0 Å². The standard InChI is InChI=1S/C47H60FNO2/c1-2-3-4-5-6-7-8-9-10-11-12-13-14-15-16-26-33-46(50-38-41-34-40(37-49)35-45(48)36-41)39-51-47(42-27-20-17-21-28-42,43-29-22-18-23-30-43)44-31-24-19-25-32-44/h17-25,27-32,34-36,46H,2-16,26,33,38-39H2,1H3/t46-/m1/s1. The van der Waals surface area contributed by atoms with Gasteiger partial charge in [-0.05, 0) is 46.9 Å². The lowest BCUT2D eigenvalue weighted by Crippen LogP contribution is -2.36. The van der Waals surface area contributed by atoms with E-state index < -0.39 is 11.4 Å². The second-order valence-electron chi connectivity index (χ2n) is 14.1. The number of ether oxygens (including phenoxy) is 2. The molecule has 3 nitrogen and oxygen atoms in total. The third-order valence-corrected chi connectivity index (χ3v) is 9.98. The highest BCUT2D eigenvalue weighted by atomic mass is 19.1. The van der Waals surface area contributed by atoms with Gasteiger partial charge in [-0.15, -0.1) is 0 Å². The van der Waals surface area contributed by atoms with Crippen molar-refractivity contribution in [3.8, 4) is 6.07 Å². The van der Waals surface area contributed by atoms with Gasteiger partial charge in [0.25, 0.3) is 0 Å². The van der Waals surface area contributed by atoms with Gasteiger partial charge in [0, 0.05) is 0 Å². The number of hydrogen-bond donors (Lipinski definition) is 0. The van der Waals surface area contributed by atoms with Crippen LogP contribution < -0.4 is 0 Å². The van der Waals surface area contributed by atoms with Crippen LogP contribution in [0.15, 0.2) is 109 Å². The van der Waals surface area contributed by atoms with Crippen molar-refractivity contribution in [3.63, 3.8) is 0 Å². The summed E-state index contributed by atoms with van der Waals surface area (Å²) < 4.78 is 27.9. The minimum absolute atomic E-state index is 0.207. The fourth-order valence-electron chi connectivity index (χ4n) is 7.13. The highest BCUT2D eigenvalue weighted by Gasteiger charge is 2.38. The van der Waals surface area contributed by atoms with E-state index in [1.807, 2.05) is 18.2 Å². The maximum Gasteiger partial charge on any atom is 0.143 e. The fraction of sp³-hybridized carbons (Fsp3) is 0.468. The Morgan fingerprint density at radius 1 is 0.588 bits per heavy atom. The van der Waals surface area contributed by atoms with Crippen molar-refractivity contribution < 1.29 is 13.9 Å². The van der Waals surface area contributed by atoms with Crippen LogP contribution in [0.5, 0.6) is 0 Å². The second kappa shape index (κ2) is 23.6. The van der Waals surface area contributed by atoms with Crippen LogP contribution in [0.4, 0.5) is 4.39 Å². The third-order valence-electron chi connectivity index (χ3n) is 9.98. The van der Waals surface area contributed by atoms with Crippen molar-refractivity contribution in [1.29, 1.82) is 5.26 Å². The zero-order chi connectivity index (χ0) is 35.8. The molecule has 51 heavy (non-hydrogen) atoms. The molecule has 0 amide bonds. The van der Waals surface area contributed by atoms with Gasteiger partial charge in [-0.3, -0.25) is 0 Å². The Morgan fingerprint density at radius 2 is 1.02 bits per heavy atom. The van der Waals surface area contributed by atoms with E-state index in [4.69, 9.17) is 9.47 Å². The highest BCUT2D eigenvalue weighted by Crippen LogP contribution is 2.40. The highest BCUT2D eigenvalue weighted by molar-refractivity contribution is 5.47. The molecule has 0 aliphatic carbocycles. The van der Waals surface area contributed by atoms with Crippen LogP contribution in [0.25, 0.3) is 0 Å². The second-order valence-corrected chi connectivity index (χ2v) is 14.1. The summed E-state index contributed by atoms with van der Waals surface area (Å²) in [5, 5.41) is 9.39. The summed E-state index contributed by atoms with van der Waals surface area (Å²) in [7, 11) is 0. The van der Waals surface area contributed by atoms with Gasteiger partial charge in [0.1, 0.15) is 11.4 Å². The molecular weight excluding hydrogens is 630 g/mol. The van der Waals surface area contributed by atoms with E-state index in [1.165, 1.54) is 102 Å². The van der Waals surface area contributed by atoms with Crippen LogP contribution in [-0.4, -0.2) is 12.7 Å². The molecule has 0 aliphatic heterocycles. The first kappa shape index (κ1) is 40.0. The Hall–Kier alpha value is -3.78. The molecule has 4 aromatic carbocycles. The number of halogens is 1. The topological polar surface area (TPSA) is 42.2 Å². The molecule has 0 saturated carbocycles. The lowest BCUT2D eigenvalue weighted by atomic mass is 9.80. The number of rotatable bonds is 26. The minimum atomic E-state index is -0.840. The van der Waals surface area contributed by atoms with E-state index in [-0.39, 0.29) is 12.7 Å². The van der Waals surface area contributed by atoms with Crippen molar-refractivity contribution in [3.05, 3.63) is 143 Å². The van der Waals surface area contributed by atoms with Gasteiger partial charge in [0.15, 0.2) is 0 Å². The molecule has 0 fully saturated rings. The van der Waals surface area contributed by atoms with Crippen LogP contribution in [0.2, 0.25) is 0 Å². The van der Waals surface area contributed by atoms with Gasteiger partial charge < -0.3 is 9.47 Å². The maximum absolute atomic E-state index is 14.3. The van der Waals surface area contributed by atoms with Gasteiger partial charge in [-0.2, -0.15) is 5.26 Å². The molecule has 0 radical (unpaired) electrons. The van der Waals surface area contributed by atoms with Crippen molar-refractivity contribution in [2.75, 3.05) is 6.61 Å². The summed E-state index contributed by atoms with van der Waals surface area (Å²) in [5.41, 5.74) is 3.26. The molecule has 0 aliphatic rings. The lowest BCUT2D eigenvalue weighted by Gasteiger charge is -2.37. The molecule has 0 bridgehead atoms. The molecule has 4 rings (SSSR count). The zero-order valence-electron chi connectivity index (χ0n) is 31.0. The van der Waals surface area contributed by atoms with Crippen molar-refractivity contribution in [2.45, 2.75) is 134 Å². The average Bonchev–Trinajstić information content (AvgIpc) is 3.17. The molecule has 0 unspecified atom stereocenters. The summed E-state index contributed by atoms with van der Waals surface area (Å²) in [6.45, 7) is 2.86. The van der Waals surface area contributed by atoms with E-state index in [1.54, 1.807) is 6.07 Å². The Balaban J connectivity index is 1.34. The molecule has 272 valence electrons. The van der Waals surface area contributed by atoms with Gasteiger partial charge >= 0.3 is 0 Å². The Labute approximate surface area is 308 Å². The van der Waals surface area contributed by atoms with Crippen LogP contribution in [0.1, 0.15) is 144 Å². The van der Waals surface area contributed by atoms with Crippen LogP contribution >= 0.6 is 0 Å². The number of benzene rings is 4.